The monoisotopic (exact) mass is 401 g/mol. The molecule has 2 aliphatic rings. The SMILES string of the molecule is O=C(COC(=O)c1cc2c(cc1[N+](=O)[O-])OCCO2)c1ccc2c(c1)OCCO2. The van der Waals surface area contributed by atoms with Crippen LogP contribution in [0.25, 0.3) is 0 Å². The number of nitro groups is 1. The molecule has 2 aromatic rings. The lowest BCUT2D eigenvalue weighted by Gasteiger charge is -2.19. The first-order chi connectivity index (χ1) is 14.0. The maximum absolute atomic E-state index is 12.4. The van der Waals surface area contributed by atoms with E-state index in [1.807, 2.05) is 0 Å². The predicted octanol–water partition coefficient (Wildman–Crippen LogP) is 2.18. The van der Waals surface area contributed by atoms with Gasteiger partial charge in [0.05, 0.1) is 11.0 Å². The van der Waals surface area contributed by atoms with Gasteiger partial charge in [-0.15, -0.1) is 0 Å². The number of hydrogen-bond donors (Lipinski definition) is 0. The molecule has 0 saturated heterocycles. The Kier molecular flexibility index (Phi) is 4.90. The molecule has 2 aliphatic heterocycles. The van der Waals surface area contributed by atoms with Gasteiger partial charge in [0.15, 0.2) is 35.4 Å². The largest absolute Gasteiger partial charge is 0.486 e. The van der Waals surface area contributed by atoms with Crippen LogP contribution in [0.5, 0.6) is 23.0 Å². The predicted molar refractivity (Wildman–Crippen MR) is 96.1 cm³/mol. The van der Waals surface area contributed by atoms with Crippen LogP contribution in [-0.2, 0) is 4.74 Å². The van der Waals surface area contributed by atoms with E-state index in [4.69, 9.17) is 23.7 Å². The van der Waals surface area contributed by atoms with Crippen molar-refractivity contribution in [3.8, 4) is 23.0 Å². The fourth-order valence-electron chi connectivity index (χ4n) is 2.90. The van der Waals surface area contributed by atoms with Gasteiger partial charge in [0, 0.05) is 11.6 Å². The van der Waals surface area contributed by atoms with Crippen LogP contribution in [0.2, 0.25) is 0 Å². The van der Waals surface area contributed by atoms with Crippen LogP contribution in [0.15, 0.2) is 30.3 Å². The van der Waals surface area contributed by atoms with E-state index < -0.39 is 29.0 Å². The smallest absolute Gasteiger partial charge is 0.345 e. The highest BCUT2D eigenvalue weighted by molar-refractivity contribution is 6.01. The summed E-state index contributed by atoms with van der Waals surface area (Å²) in [5.41, 5.74) is -0.557. The molecule has 0 saturated carbocycles. The summed E-state index contributed by atoms with van der Waals surface area (Å²) in [4.78, 5) is 35.4. The Hall–Kier alpha value is -3.82. The lowest BCUT2D eigenvalue weighted by molar-refractivity contribution is -0.385. The van der Waals surface area contributed by atoms with Crippen LogP contribution in [0.3, 0.4) is 0 Å². The van der Waals surface area contributed by atoms with Gasteiger partial charge in [0.2, 0.25) is 0 Å². The van der Waals surface area contributed by atoms with Gasteiger partial charge in [-0.2, -0.15) is 0 Å². The average molecular weight is 401 g/mol. The summed E-state index contributed by atoms with van der Waals surface area (Å²) in [5.74, 6) is -0.179. The van der Waals surface area contributed by atoms with Crippen molar-refractivity contribution in [1.82, 2.24) is 0 Å². The maximum Gasteiger partial charge on any atom is 0.345 e. The number of ether oxygens (including phenoxy) is 5. The number of Topliss-reactive ketones (excluding diaryl/α,β-unsaturated/α-hetero) is 1. The van der Waals surface area contributed by atoms with Crippen LogP contribution >= 0.6 is 0 Å². The van der Waals surface area contributed by atoms with E-state index >= 15 is 0 Å². The molecule has 150 valence electrons. The number of fused-ring (bicyclic) bond motifs is 2. The number of benzene rings is 2. The van der Waals surface area contributed by atoms with Crippen LogP contribution in [0.4, 0.5) is 5.69 Å². The van der Waals surface area contributed by atoms with Crippen LogP contribution in [0.1, 0.15) is 20.7 Å². The zero-order valence-corrected chi connectivity index (χ0v) is 15.0. The minimum Gasteiger partial charge on any atom is -0.486 e. The van der Waals surface area contributed by atoms with Crippen LogP contribution in [0, 0.1) is 10.1 Å². The van der Waals surface area contributed by atoms with E-state index in [9.17, 15) is 19.7 Å². The molecule has 2 aromatic carbocycles. The number of nitrogens with zero attached hydrogens (tertiary/aromatic N) is 1. The minimum absolute atomic E-state index is 0.173. The number of carbonyl (C=O) groups excluding carboxylic acids is 2. The topological polar surface area (TPSA) is 123 Å². The number of carbonyl (C=O) groups is 2. The average Bonchev–Trinajstić information content (AvgIpc) is 2.75. The molecule has 2 heterocycles. The van der Waals surface area contributed by atoms with E-state index in [-0.39, 0.29) is 35.8 Å². The van der Waals surface area contributed by atoms with Crippen LogP contribution in [-0.4, -0.2) is 49.7 Å². The molecule has 0 aromatic heterocycles. The van der Waals surface area contributed by atoms with Gasteiger partial charge in [0.25, 0.3) is 5.69 Å². The summed E-state index contributed by atoms with van der Waals surface area (Å²) in [7, 11) is 0. The third-order valence-corrected chi connectivity index (χ3v) is 4.28. The van der Waals surface area contributed by atoms with Gasteiger partial charge >= 0.3 is 5.97 Å². The number of nitro benzene ring substituents is 1. The Morgan fingerprint density at radius 1 is 0.897 bits per heavy atom. The van der Waals surface area contributed by atoms with E-state index in [0.717, 1.165) is 6.07 Å². The van der Waals surface area contributed by atoms with E-state index in [1.165, 1.54) is 18.2 Å². The number of rotatable bonds is 5. The van der Waals surface area contributed by atoms with Crippen molar-refractivity contribution in [3.05, 3.63) is 51.6 Å². The summed E-state index contributed by atoms with van der Waals surface area (Å²) < 4.78 is 26.5. The first-order valence-corrected chi connectivity index (χ1v) is 8.71. The summed E-state index contributed by atoms with van der Waals surface area (Å²) in [6.45, 7) is 0.698. The first-order valence-electron chi connectivity index (χ1n) is 8.71. The highest BCUT2D eigenvalue weighted by Gasteiger charge is 2.28. The Labute approximate surface area is 164 Å². The van der Waals surface area contributed by atoms with Gasteiger partial charge in [-0.1, -0.05) is 0 Å². The summed E-state index contributed by atoms with van der Waals surface area (Å²) in [5, 5.41) is 11.3. The van der Waals surface area contributed by atoms with Gasteiger partial charge in [-0.05, 0) is 18.2 Å². The molecule has 10 nitrogen and oxygen atoms in total. The van der Waals surface area contributed by atoms with Gasteiger partial charge in [-0.3, -0.25) is 14.9 Å². The lowest BCUT2D eigenvalue weighted by Crippen LogP contribution is -2.19. The van der Waals surface area contributed by atoms with Crippen molar-refractivity contribution < 1.29 is 38.2 Å². The molecule has 0 unspecified atom stereocenters. The second kappa shape index (κ2) is 7.66. The first kappa shape index (κ1) is 18.5. The van der Waals surface area contributed by atoms with Crippen molar-refractivity contribution >= 4 is 17.4 Å². The van der Waals surface area contributed by atoms with Crippen molar-refractivity contribution in [2.45, 2.75) is 0 Å². The van der Waals surface area contributed by atoms with Gasteiger partial charge in [-0.25, -0.2) is 4.79 Å². The summed E-state index contributed by atoms with van der Waals surface area (Å²) in [6.07, 6.45) is 0. The van der Waals surface area contributed by atoms with E-state index in [0.29, 0.717) is 24.7 Å². The van der Waals surface area contributed by atoms with E-state index in [2.05, 4.69) is 0 Å². The molecule has 0 radical (unpaired) electrons. The van der Waals surface area contributed by atoms with Crippen LogP contribution < -0.4 is 18.9 Å². The highest BCUT2D eigenvalue weighted by Crippen LogP contribution is 2.37. The quantitative estimate of drug-likeness (QED) is 0.321. The third kappa shape index (κ3) is 3.77. The summed E-state index contributed by atoms with van der Waals surface area (Å²) in [6, 6.07) is 6.90. The van der Waals surface area contributed by atoms with E-state index in [1.54, 1.807) is 6.07 Å². The van der Waals surface area contributed by atoms with Gasteiger partial charge < -0.3 is 23.7 Å². The fraction of sp³-hybridized carbons (Fsp3) is 0.263. The Balaban J connectivity index is 1.49. The highest BCUT2D eigenvalue weighted by atomic mass is 16.6. The number of esters is 1. The molecule has 0 spiro atoms. The number of hydrogen-bond acceptors (Lipinski definition) is 9. The molecule has 10 heteroatoms. The maximum atomic E-state index is 12.4. The number of ketones is 1. The van der Waals surface area contributed by atoms with Crippen molar-refractivity contribution in [2.24, 2.45) is 0 Å². The lowest BCUT2D eigenvalue weighted by atomic mass is 10.1. The normalized spacial score (nSPS) is 14.1. The Morgan fingerprint density at radius 2 is 1.48 bits per heavy atom. The van der Waals surface area contributed by atoms with Crippen molar-refractivity contribution in [3.63, 3.8) is 0 Å². The van der Waals surface area contributed by atoms with Crippen molar-refractivity contribution in [1.29, 1.82) is 0 Å². The molecule has 0 aliphatic carbocycles. The zero-order chi connectivity index (χ0) is 20.4. The second-order valence-electron chi connectivity index (χ2n) is 6.13. The standard InChI is InChI=1S/C19H15NO9/c21-14(11-1-2-15-16(7-11)26-4-3-25-15)10-29-19(22)12-8-17-18(28-6-5-27-17)9-13(12)20(23)24/h1-2,7-9H,3-6,10H2. The molecule has 0 atom stereocenters. The summed E-state index contributed by atoms with van der Waals surface area (Å²) >= 11 is 0. The molecule has 0 fully saturated rings. The molecular formula is C19H15NO9. The molecule has 29 heavy (non-hydrogen) atoms. The fourth-order valence-corrected chi connectivity index (χ4v) is 2.90. The molecule has 0 amide bonds. The Bertz CT molecular complexity index is 1000. The van der Waals surface area contributed by atoms with Crippen molar-refractivity contribution in [2.75, 3.05) is 33.0 Å². The molecular weight excluding hydrogens is 386 g/mol. The zero-order valence-electron chi connectivity index (χ0n) is 15.0. The second-order valence-corrected chi connectivity index (χ2v) is 6.13. The Morgan fingerprint density at radius 3 is 2.14 bits per heavy atom. The van der Waals surface area contributed by atoms with Gasteiger partial charge in [0.1, 0.15) is 32.0 Å². The molecule has 0 bridgehead atoms. The molecule has 4 rings (SSSR count). The molecule has 0 N–H and O–H groups in total. The third-order valence-electron chi connectivity index (χ3n) is 4.28. The minimum atomic E-state index is -1.01.